The molecule has 2 aliphatic carbocycles. The van der Waals surface area contributed by atoms with E-state index in [1.54, 1.807) is 0 Å². The average molecular weight is 333 g/mol. The lowest BCUT2D eigenvalue weighted by atomic mass is 9.82. The second kappa shape index (κ2) is 12.3. The quantitative estimate of drug-likeness (QED) is 0.757. The first-order valence-corrected chi connectivity index (χ1v) is 8.51. The predicted molar refractivity (Wildman–Crippen MR) is 88.9 cm³/mol. The number of hydrogen-bond donors (Lipinski definition) is 1. The molecule has 2 fully saturated rings. The molecule has 1 N–H and O–H groups in total. The minimum absolute atomic E-state index is 0.0171. The highest BCUT2D eigenvalue weighted by Gasteiger charge is 2.25. The van der Waals surface area contributed by atoms with Gasteiger partial charge in [0.1, 0.15) is 0 Å². The van der Waals surface area contributed by atoms with Gasteiger partial charge in [-0.05, 0) is 37.5 Å². The Labute approximate surface area is 141 Å². The standard InChI is InChI=1S/C9H16O2.C8H14O2.CH3F/c1-7-4-3-5-8(6-7)9(10)11-2;1-6-3-2-4-7(5-6)8(9)10;1-2/h7-8H,3-6H2,1-2H3;6-7H,2-5H2,1H3,(H,9,10);1H3/t7-,8+;6-,7+;/m11./s1/i;;1D. The Morgan fingerprint density at radius 1 is 1.04 bits per heavy atom. The van der Waals surface area contributed by atoms with Crippen LogP contribution in [-0.4, -0.2) is 31.3 Å². The van der Waals surface area contributed by atoms with Gasteiger partial charge >= 0.3 is 11.9 Å². The maximum Gasteiger partial charge on any atom is 0.308 e. The number of carbonyl (C=O) groups excluding carboxylic acids is 1. The van der Waals surface area contributed by atoms with Crippen LogP contribution in [0.5, 0.6) is 0 Å². The number of alkyl halides is 1. The molecule has 136 valence electrons. The lowest BCUT2D eigenvalue weighted by Crippen LogP contribution is -2.22. The Morgan fingerprint density at radius 3 is 1.83 bits per heavy atom. The van der Waals surface area contributed by atoms with E-state index in [1.165, 1.54) is 26.4 Å². The van der Waals surface area contributed by atoms with Crippen LogP contribution in [0.25, 0.3) is 0 Å². The molecule has 0 aromatic heterocycles. The summed E-state index contributed by atoms with van der Waals surface area (Å²) in [5.41, 5.74) is 0. The molecular formula is C18H33FO4. The Bertz CT molecular complexity index is 365. The Kier molecular flexibility index (Phi) is 10.7. The van der Waals surface area contributed by atoms with E-state index in [2.05, 4.69) is 13.8 Å². The lowest BCUT2D eigenvalue weighted by molar-refractivity contribution is -0.147. The van der Waals surface area contributed by atoms with Crippen molar-refractivity contribution in [3.05, 3.63) is 0 Å². The van der Waals surface area contributed by atoms with E-state index in [4.69, 9.17) is 11.2 Å². The van der Waals surface area contributed by atoms with Gasteiger partial charge in [-0.25, -0.2) is 0 Å². The fraction of sp³-hybridized carbons (Fsp3) is 0.889. The maximum absolute atomic E-state index is 11.1. The van der Waals surface area contributed by atoms with Gasteiger partial charge in [-0.2, -0.15) is 0 Å². The highest BCUT2D eigenvalue weighted by Crippen LogP contribution is 2.29. The molecule has 0 spiro atoms. The van der Waals surface area contributed by atoms with Gasteiger partial charge in [0.25, 0.3) is 0 Å². The molecule has 0 aliphatic heterocycles. The summed E-state index contributed by atoms with van der Waals surface area (Å²) in [5, 5.41) is 8.66. The molecule has 0 radical (unpaired) electrons. The molecule has 2 rings (SSSR count). The van der Waals surface area contributed by atoms with Gasteiger partial charge < -0.3 is 9.84 Å². The number of aliphatic carboxylic acids is 1. The number of ether oxygens (including phenoxy) is 1. The first-order chi connectivity index (χ1) is 11.3. The van der Waals surface area contributed by atoms with Crippen LogP contribution in [-0.2, 0) is 14.3 Å². The van der Waals surface area contributed by atoms with E-state index in [9.17, 15) is 14.0 Å². The number of carboxylic acid groups (broad SMARTS) is 1. The highest BCUT2D eigenvalue weighted by molar-refractivity contribution is 5.72. The molecule has 5 heteroatoms. The van der Waals surface area contributed by atoms with Gasteiger partial charge in [0.05, 0.1) is 27.5 Å². The van der Waals surface area contributed by atoms with Gasteiger partial charge in [-0.1, -0.05) is 39.5 Å². The molecule has 2 aliphatic rings. The number of halogens is 1. The largest absolute Gasteiger partial charge is 0.481 e. The smallest absolute Gasteiger partial charge is 0.308 e. The van der Waals surface area contributed by atoms with Crippen LogP contribution >= 0.6 is 0 Å². The van der Waals surface area contributed by atoms with Gasteiger partial charge in [0.15, 0.2) is 0 Å². The number of esters is 1. The summed E-state index contributed by atoms with van der Waals surface area (Å²) in [5.74, 6) is 0.832. The molecule has 0 aromatic carbocycles. The number of carbonyl (C=O) groups is 2. The minimum atomic E-state index is -1.00. The second-order valence-corrected chi connectivity index (χ2v) is 6.80. The number of rotatable bonds is 2. The van der Waals surface area contributed by atoms with Crippen LogP contribution in [0.3, 0.4) is 0 Å². The summed E-state index contributed by atoms with van der Waals surface area (Å²) in [4.78, 5) is 21.6. The lowest BCUT2D eigenvalue weighted by Gasteiger charge is -2.24. The van der Waals surface area contributed by atoms with Gasteiger partial charge in [-0.3, -0.25) is 14.0 Å². The summed E-state index contributed by atoms with van der Waals surface area (Å²) in [6.07, 6.45) is 8.58. The van der Waals surface area contributed by atoms with Crippen LogP contribution in [0.1, 0.15) is 66.6 Å². The normalized spacial score (nSPS) is 30.5. The van der Waals surface area contributed by atoms with E-state index in [0.29, 0.717) is 11.8 Å². The molecule has 0 amide bonds. The maximum atomic E-state index is 11.1. The molecular weight excluding hydrogens is 299 g/mol. The van der Waals surface area contributed by atoms with Crippen LogP contribution in [0, 0.1) is 23.7 Å². The van der Waals surface area contributed by atoms with Crippen molar-refractivity contribution in [2.75, 3.05) is 14.3 Å². The summed E-state index contributed by atoms with van der Waals surface area (Å²) >= 11 is 0. The van der Waals surface area contributed by atoms with Crippen LogP contribution in [0.15, 0.2) is 0 Å². The summed E-state index contributed by atoms with van der Waals surface area (Å²) in [7, 11) is 0.474. The summed E-state index contributed by atoms with van der Waals surface area (Å²) in [6.45, 7) is 4.34. The topological polar surface area (TPSA) is 63.6 Å². The SMILES string of the molecule is COC(=O)[C@H]1CCC[C@@H](C)C1.C[C@@H]1CCC[C@H](C(=O)O)C1.[2H]CF. The van der Waals surface area contributed by atoms with Crippen LogP contribution < -0.4 is 0 Å². The van der Waals surface area contributed by atoms with E-state index in [1.807, 2.05) is 0 Å². The van der Waals surface area contributed by atoms with Gasteiger partial charge in [-0.15, -0.1) is 0 Å². The predicted octanol–water partition coefficient (Wildman–Crippen LogP) is 4.47. The zero-order valence-corrected chi connectivity index (χ0v) is 14.7. The van der Waals surface area contributed by atoms with Crippen molar-refractivity contribution >= 4 is 11.9 Å². The molecule has 0 unspecified atom stereocenters. The summed E-state index contributed by atoms with van der Waals surface area (Å²) < 4.78 is 20.2. The van der Waals surface area contributed by atoms with E-state index < -0.39 is 13.1 Å². The highest BCUT2D eigenvalue weighted by atomic mass is 19.1. The van der Waals surface area contributed by atoms with Crippen molar-refractivity contribution in [3.8, 4) is 0 Å². The van der Waals surface area contributed by atoms with Crippen LogP contribution in [0.2, 0.25) is 0 Å². The number of hydrogen-bond acceptors (Lipinski definition) is 3. The van der Waals surface area contributed by atoms with E-state index in [-0.39, 0.29) is 17.8 Å². The third-order valence-electron chi connectivity index (χ3n) is 4.76. The molecule has 0 bridgehead atoms. The Balaban J connectivity index is 0.000000381. The third-order valence-corrected chi connectivity index (χ3v) is 4.76. The van der Waals surface area contributed by atoms with E-state index in [0.717, 1.165) is 32.1 Å². The van der Waals surface area contributed by atoms with Crippen molar-refractivity contribution in [3.63, 3.8) is 0 Å². The van der Waals surface area contributed by atoms with E-state index >= 15 is 0 Å². The second-order valence-electron chi connectivity index (χ2n) is 6.80. The molecule has 0 heterocycles. The number of methoxy groups -OCH3 is 1. The first-order valence-electron chi connectivity index (χ1n) is 9.22. The van der Waals surface area contributed by atoms with Crippen molar-refractivity contribution in [1.82, 2.24) is 0 Å². The molecule has 0 saturated heterocycles. The number of carboxylic acids is 1. The third kappa shape index (κ3) is 8.92. The molecule has 0 aromatic rings. The zero-order valence-electron chi connectivity index (χ0n) is 15.7. The first kappa shape index (κ1) is 19.9. The monoisotopic (exact) mass is 333 g/mol. The van der Waals surface area contributed by atoms with Crippen molar-refractivity contribution < 1.29 is 25.2 Å². The molecule has 2 saturated carbocycles. The van der Waals surface area contributed by atoms with Gasteiger partial charge in [0, 0.05) is 0 Å². The average Bonchev–Trinajstić information content (AvgIpc) is 2.55. The fourth-order valence-electron chi connectivity index (χ4n) is 3.47. The molecule has 4 atom stereocenters. The Hall–Kier alpha value is -1.13. The molecule has 23 heavy (non-hydrogen) atoms. The van der Waals surface area contributed by atoms with Crippen molar-refractivity contribution in [1.29, 1.82) is 0 Å². The fourth-order valence-corrected chi connectivity index (χ4v) is 3.47. The van der Waals surface area contributed by atoms with Crippen molar-refractivity contribution in [2.45, 2.75) is 65.2 Å². The molecule has 4 nitrogen and oxygen atoms in total. The van der Waals surface area contributed by atoms with Crippen molar-refractivity contribution in [2.24, 2.45) is 23.7 Å². The van der Waals surface area contributed by atoms with Gasteiger partial charge in [0.2, 0.25) is 0 Å². The minimum Gasteiger partial charge on any atom is -0.481 e. The summed E-state index contributed by atoms with van der Waals surface area (Å²) in [6, 6.07) is 0. The zero-order chi connectivity index (χ0) is 18.5. The van der Waals surface area contributed by atoms with Crippen LogP contribution in [0.4, 0.5) is 4.39 Å². The Morgan fingerprint density at radius 2 is 1.48 bits per heavy atom.